The van der Waals surface area contributed by atoms with Gasteiger partial charge in [-0.15, -0.1) is 0 Å². The van der Waals surface area contributed by atoms with Gasteiger partial charge in [-0.05, 0) is 23.0 Å². The van der Waals surface area contributed by atoms with E-state index in [2.05, 4.69) is 57.1 Å². The van der Waals surface area contributed by atoms with Crippen LogP contribution in [0.2, 0.25) is 0 Å². The number of carbonyl (C=O) groups excluding carboxylic acids is 1. The molecule has 1 aromatic rings. The van der Waals surface area contributed by atoms with Gasteiger partial charge in [0.15, 0.2) is 4.77 Å². The van der Waals surface area contributed by atoms with Crippen LogP contribution in [-0.2, 0) is 11.3 Å². The lowest BCUT2D eigenvalue weighted by Gasteiger charge is -2.10. The Bertz CT molecular complexity index is 583. The van der Waals surface area contributed by atoms with Gasteiger partial charge in [0.05, 0.1) is 0 Å². The number of hydrogen-bond donors (Lipinski definition) is 2. The number of amides is 1. The molecule has 1 amide bonds. The summed E-state index contributed by atoms with van der Waals surface area (Å²) in [5.41, 5.74) is 0.151. The maximum atomic E-state index is 12.3. The number of rotatable bonds is 5. The first kappa shape index (κ1) is 16.2. The number of hydrogen-bond acceptors (Lipinski definition) is 3. The van der Waals surface area contributed by atoms with Crippen molar-refractivity contribution in [3.63, 3.8) is 0 Å². The summed E-state index contributed by atoms with van der Waals surface area (Å²) >= 11 is 5.24. The zero-order valence-electron chi connectivity index (χ0n) is 13.8. The van der Waals surface area contributed by atoms with Crippen LogP contribution in [0.1, 0.15) is 53.3 Å². The van der Waals surface area contributed by atoms with Gasteiger partial charge >= 0.3 is 0 Å². The molecule has 21 heavy (non-hydrogen) atoms. The summed E-state index contributed by atoms with van der Waals surface area (Å²) in [6.07, 6.45) is 0. The lowest BCUT2D eigenvalue weighted by Crippen LogP contribution is -2.30. The Labute approximate surface area is 131 Å². The van der Waals surface area contributed by atoms with E-state index in [-0.39, 0.29) is 22.7 Å². The molecule has 0 radical (unpaired) electrons. The molecule has 0 saturated heterocycles. The minimum Gasteiger partial charge on any atom is -0.354 e. The topological polar surface area (TPSA) is 62.7 Å². The Hall–Kier alpha value is -1.17. The average molecular weight is 310 g/mol. The molecule has 1 aliphatic rings. The van der Waals surface area contributed by atoms with Crippen LogP contribution in [0.4, 0.5) is 0 Å². The van der Waals surface area contributed by atoms with Crippen molar-refractivity contribution in [1.29, 1.82) is 0 Å². The van der Waals surface area contributed by atoms with E-state index in [1.807, 2.05) is 4.57 Å². The molecule has 1 aliphatic carbocycles. The molecule has 0 spiro atoms. The van der Waals surface area contributed by atoms with Crippen molar-refractivity contribution < 1.29 is 4.79 Å². The highest BCUT2D eigenvalue weighted by Crippen LogP contribution is 2.68. The summed E-state index contributed by atoms with van der Waals surface area (Å²) in [6.45, 7) is 14.0. The van der Waals surface area contributed by atoms with Gasteiger partial charge < -0.3 is 9.88 Å². The third-order valence-electron chi connectivity index (χ3n) is 5.22. The van der Waals surface area contributed by atoms with E-state index >= 15 is 0 Å². The second-order valence-electron chi connectivity index (χ2n) is 7.36. The van der Waals surface area contributed by atoms with Crippen molar-refractivity contribution >= 4 is 18.1 Å². The maximum absolute atomic E-state index is 12.3. The first-order valence-electron chi connectivity index (χ1n) is 7.53. The fourth-order valence-corrected chi connectivity index (χ4v) is 3.46. The van der Waals surface area contributed by atoms with E-state index < -0.39 is 0 Å². The van der Waals surface area contributed by atoms with E-state index in [1.54, 1.807) is 0 Å². The molecule has 0 atom stereocenters. The molecular weight excluding hydrogens is 284 g/mol. The van der Waals surface area contributed by atoms with Crippen molar-refractivity contribution in [3.8, 4) is 0 Å². The van der Waals surface area contributed by atoms with Crippen molar-refractivity contribution in [1.82, 2.24) is 20.1 Å². The Morgan fingerprint density at radius 2 is 1.95 bits per heavy atom. The Morgan fingerprint density at radius 3 is 2.43 bits per heavy atom. The molecule has 2 N–H and O–H groups in total. The molecule has 1 fully saturated rings. The van der Waals surface area contributed by atoms with Crippen LogP contribution in [0.5, 0.6) is 0 Å². The predicted molar refractivity (Wildman–Crippen MR) is 85.6 cm³/mol. The van der Waals surface area contributed by atoms with E-state index in [0.29, 0.717) is 23.8 Å². The van der Waals surface area contributed by atoms with Gasteiger partial charge in [-0.25, -0.2) is 0 Å². The monoisotopic (exact) mass is 310 g/mol. The Balaban J connectivity index is 1.93. The second kappa shape index (κ2) is 5.23. The Kier molecular flexibility index (Phi) is 4.04. The molecule has 6 heteroatoms. The SMILES string of the molecule is CC(C)c1n[nH]c(=S)n1CCNC(=O)C1C(C)(C)C1(C)C. The number of carbonyl (C=O) groups is 1. The quantitative estimate of drug-likeness (QED) is 0.822. The van der Waals surface area contributed by atoms with Crippen molar-refractivity contribution in [2.45, 2.75) is 54.0 Å². The summed E-state index contributed by atoms with van der Waals surface area (Å²) < 4.78 is 2.57. The standard InChI is InChI=1S/C15H26N4OS/c1-9(2)11-17-18-13(21)19(11)8-7-16-12(20)10-14(3,4)15(10,5)6/h9-10H,7-8H2,1-6H3,(H,16,20)(H,18,21). The fourth-order valence-electron chi connectivity index (χ4n) is 3.23. The number of H-pyrrole nitrogens is 1. The van der Waals surface area contributed by atoms with Crippen molar-refractivity contribution in [2.75, 3.05) is 6.54 Å². The van der Waals surface area contributed by atoms with Gasteiger partial charge in [-0.2, -0.15) is 5.10 Å². The molecule has 2 rings (SSSR count). The normalized spacial score (nSPS) is 19.8. The Morgan fingerprint density at radius 1 is 1.38 bits per heavy atom. The summed E-state index contributed by atoms with van der Waals surface area (Å²) in [5, 5.41) is 10.1. The smallest absolute Gasteiger partial charge is 0.224 e. The molecule has 1 heterocycles. The molecule has 5 nitrogen and oxygen atoms in total. The second-order valence-corrected chi connectivity index (χ2v) is 7.75. The molecular formula is C15H26N4OS. The predicted octanol–water partition coefficient (Wildman–Crippen LogP) is 2.86. The maximum Gasteiger partial charge on any atom is 0.224 e. The van der Waals surface area contributed by atoms with Gasteiger partial charge in [0.25, 0.3) is 0 Å². The molecule has 0 unspecified atom stereocenters. The zero-order valence-corrected chi connectivity index (χ0v) is 14.6. The first-order chi connectivity index (χ1) is 9.60. The summed E-state index contributed by atoms with van der Waals surface area (Å²) in [5.74, 6) is 1.47. The van der Waals surface area contributed by atoms with E-state index in [1.165, 1.54) is 0 Å². The molecule has 1 saturated carbocycles. The van der Waals surface area contributed by atoms with Gasteiger partial charge in [0.1, 0.15) is 5.82 Å². The number of nitrogens with zero attached hydrogens (tertiary/aromatic N) is 2. The summed E-state index contributed by atoms with van der Waals surface area (Å²) in [7, 11) is 0. The van der Waals surface area contributed by atoms with Crippen molar-refractivity contribution in [2.24, 2.45) is 16.7 Å². The highest BCUT2D eigenvalue weighted by Gasteiger charge is 2.68. The van der Waals surface area contributed by atoms with Crippen LogP contribution in [-0.4, -0.2) is 27.2 Å². The highest BCUT2D eigenvalue weighted by molar-refractivity contribution is 7.71. The minimum atomic E-state index is 0.0755. The van der Waals surface area contributed by atoms with Crippen LogP contribution < -0.4 is 5.32 Å². The zero-order chi connectivity index (χ0) is 16.0. The first-order valence-corrected chi connectivity index (χ1v) is 7.94. The van der Waals surface area contributed by atoms with Crippen LogP contribution in [0.25, 0.3) is 0 Å². The molecule has 0 aromatic carbocycles. The molecule has 118 valence electrons. The van der Waals surface area contributed by atoms with E-state index in [9.17, 15) is 4.79 Å². The molecule has 0 aliphatic heterocycles. The molecule has 1 aromatic heterocycles. The number of aromatic amines is 1. The van der Waals surface area contributed by atoms with Crippen molar-refractivity contribution in [3.05, 3.63) is 10.6 Å². The number of aromatic nitrogens is 3. The fraction of sp³-hybridized carbons (Fsp3) is 0.800. The van der Waals surface area contributed by atoms with Gasteiger partial charge in [0, 0.05) is 24.9 Å². The van der Waals surface area contributed by atoms with Gasteiger partial charge in [-0.3, -0.25) is 9.89 Å². The largest absolute Gasteiger partial charge is 0.354 e. The third-order valence-corrected chi connectivity index (χ3v) is 5.53. The van der Waals surface area contributed by atoms with Gasteiger partial charge in [-0.1, -0.05) is 41.5 Å². The van der Waals surface area contributed by atoms with Gasteiger partial charge in [0.2, 0.25) is 5.91 Å². The summed E-state index contributed by atoms with van der Waals surface area (Å²) in [6, 6.07) is 0. The lowest BCUT2D eigenvalue weighted by atomic mass is 10.0. The van der Waals surface area contributed by atoms with Crippen LogP contribution in [0.15, 0.2) is 0 Å². The highest BCUT2D eigenvalue weighted by atomic mass is 32.1. The van der Waals surface area contributed by atoms with Crippen LogP contribution in [0, 0.1) is 21.5 Å². The van der Waals surface area contributed by atoms with E-state index in [0.717, 1.165) is 5.82 Å². The average Bonchev–Trinajstić information content (AvgIpc) is 2.64. The molecule has 0 bridgehead atoms. The van der Waals surface area contributed by atoms with E-state index in [4.69, 9.17) is 12.2 Å². The minimum absolute atomic E-state index is 0.0755. The number of nitrogens with one attached hydrogen (secondary N) is 2. The van der Waals surface area contributed by atoms with Crippen LogP contribution in [0.3, 0.4) is 0 Å². The van der Waals surface area contributed by atoms with Crippen LogP contribution >= 0.6 is 12.2 Å². The summed E-state index contributed by atoms with van der Waals surface area (Å²) in [4.78, 5) is 12.3. The lowest BCUT2D eigenvalue weighted by molar-refractivity contribution is -0.123. The third kappa shape index (κ3) is 2.65.